The van der Waals surface area contributed by atoms with Gasteiger partial charge in [-0.1, -0.05) is 13.0 Å². The monoisotopic (exact) mass is 250 g/mol. The van der Waals surface area contributed by atoms with E-state index in [2.05, 4.69) is 23.3 Å². The van der Waals surface area contributed by atoms with Crippen molar-refractivity contribution in [3.63, 3.8) is 0 Å². The van der Waals surface area contributed by atoms with E-state index in [1.807, 2.05) is 12.3 Å². The molecule has 100 valence electrons. The van der Waals surface area contributed by atoms with Gasteiger partial charge in [0.05, 0.1) is 12.7 Å². The van der Waals surface area contributed by atoms with E-state index >= 15 is 0 Å². The molecule has 4 nitrogen and oxygen atoms in total. The first kappa shape index (κ1) is 13.3. The summed E-state index contributed by atoms with van der Waals surface area (Å²) in [4.78, 5) is 4.36. The second-order valence-electron chi connectivity index (χ2n) is 4.60. The molecule has 0 aromatic carbocycles. The summed E-state index contributed by atoms with van der Waals surface area (Å²) in [6.45, 7) is 5.39. The zero-order chi connectivity index (χ0) is 12.6. The van der Waals surface area contributed by atoms with E-state index in [9.17, 15) is 0 Å². The van der Waals surface area contributed by atoms with Crippen LogP contribution in [0, 0.1) is 0 Å². The molecule has 0 bridgehead atoms. The molecule has 1 aromatic rings. The standard InChI is InChI=1S/C14H22N2O2/c1-2-7-15-14-4-3-12(10-16-14)11-18-13-5-8-17-9-6-13/h3-4,10,13H,2,5-9,11H2,1H3,(H,15,16). The number of rotatable bonds is 6. The number of hydrogen-bond acceptors (Lipinski definition) is 4. The molecule has 0 radical (unpaired) electrons. The van der Waals surface area contributed by atoms with Gasteiger partial charge < -0.3 is 14.8 Å². The average molecular weight is 250 g/mol. The number of aromatic nitrogens is 1. The first-order valence-corrected chi connectivity index (χ1v) is 6.76. The fraction of sp³-hybridized carbons (Fsp3) is 0.643. The van der Waals surface area contributed by atoms with E-state index in [0.717, 1.165) is 50.4 Å². The van der Waals surface area contributed by atoms with E-state index in [1.165, 1.54) is 0 Å². The van der Waals surface area contributed by atoms with Gasteiger partial charge in [0, 0.05) is 26.0 Å². The van der Waals surface area contributed by atoms with Crippen LogP contribution < -0.4 is 5.32 Å². The summed E-state index contributed by atoms with van der Waals surface area (Å²) in [5.74, 6) is 0.937. The first-order valence-electron chi connectivity index (χ1n) is 6.76. The minimum absolute atomic E-state index is 0.344. The van der Waals surface area contributed by atoms with E-state index in [0.29, 0.717) is 12.7 Å². The summed E-state index contributed by atoms with van der Waals surface area (Å²) in [5, 5.41) is 3.26. The Morgan fingerprint density at radius 3 is 2.89 bits per heavy atom. The molecule has 0 saturated carbocycles. The molecule has 1 aliphatic rings. The Labute approximate surface area is 109 Å². The summed E-state index contributed by atoms with van der Waals surface area (Å²) in [6.07, 6.45) is 5.34. The van der Waals surface area contributed by atoms with Crippen molar-refractivity contribution in [1.82, 2.24) is 4.98 Å². The van der Waals surface area contributed by atoms with Crippen LogP contribution in [0.2, 0.25) is 0 Å². The van der Waals surface area contributed by atoms with Crippen molar-refractivity contribution < 1.29 is 9.47 Å². The molecule has 1 fully saturated rings. The molecule has 1 saturated heterocycles. The van der Waals surface area contributed by atoms with Crippen molar-refractivity contribution in [1.29, 1.82) is 0 Å². The molecule has 0 aliphatic carbocycles. The molecule has 2 rings (SSSR count). The van der Waals surface area contributed by atoms with E-state index in [-0.39, 0.29) is 0 Å². The van der Waals surface area contributed by atoms with Gasteiger partial charge in [-0.15, -0.1) is 0 Å². The van der Waals surface area contributed by atoms with Gasteiger partial charge in [0.1, 0.15) is 5.82 Å². The van der Waals surface area contributed by atoms with E-state index in [4.69, 9.17) is 9.47 Å². The third kappa shape index (κ3) is 4.27. The maximum absolute atomic E-state index is 5.85. The minimum atomic E-state index is 0.344. The number of nitrogens with zero attached hydrogens (tertiary/aromatic N) is 1. The van der Waals surface area contributed by atoms with Crippen LogP contribution in [0.5, 0.6) is 0 Å². The van der Waals surface area contributed by atoms with Crippen LogP contribution in [0.25, 0.3) is 0 Å². The van der Waals surface area contributed by atoms with Gasteiger partial charge in [-0.2, -0.15) is 0 Å². The molecule has 0 amide bonds. The number of nitrogens with one attached hydrogen (secondary N) is 1. The largest absolute Gasteiger partial charge is 0.381 e. The number of ether oxygens (including phenoxy) is 2. The predicted molar refractivity (Wildman–Crippen MR) is 71.6 cm³/mol. The van der Waals surface area contributed by atoms with Gasteiger partial charge in [0.25, 0.3) is 0 Å². The molecular formula is C14H22N2O2. The number of anilines is 1. The molecule has 2 heterocycles. The van der Waals surface area contributed by atoms with Crippen molar-refractivity contribution in [3.8, 4) is 0 Å². The molecule has 0 unspecified atom stereocenters. The number of hydrogen-bond donors (Lipinski definition) is 1. The molecule has 0 spiro atoms. The van der Waals surface area contributed by atoms with Crippen molar-refractivity contribution in [2.24, 2.45) is 0 Å². The minimum Gasteiger partial charge on any atom is -0.381 e. The lowest BCUT2D eigenvalue weighted by molar-refractivity contribution is -0.0391. The molecule has 1 aliphatic heterocycles. The first-order chi connectivity index (χ1) is 8.88. The van der Waals surface area contributed by atoms with Gasteiger partial charge in [-0.05, 0) is 30.9 Å². The third-order valence-corrected chi connectivity index (χ3v) is 3.03. The van der Waals surface area contributed by atoms with Crippen LogP contribution in [0.4, 0.5) is 5.82 Å². The van der Waals surface area contributed by atoms with Crippen molar-refractivity contribution in [2.75, 3.05) is 25.1 Å². The second kappa shape index (κ2) is 7.34. The van der Waals surface area contributed by atoms with Crippen LogP contribution in [-0.2, 0) is 16.1 Å². The van der Waals surface area contributed by atoms with Crippen LogP contribution in [0.1, 0.15) is 31.7 Å². The Balaban J connectivity index is 1.75. The molecule has 1 N–H and O–H groups in total. The van der Waals surface area contributed by atoms with Crippen LogP contribution >= 0.6 is 0 Å². The SMILES string of the molecule is CCCNc1ccc(COC2CCOCC2)cn1. The maximum atomic E-state index is 5.85. The zero-order valence-corrected chi connectivity index (χ0v) is 11.0. The predicted octanol–water partition coefficient (Wildman–Crippen LogP) is 2.60. The highest BCUT2D eigenvalue weighted by Crippen LogP contribution is 2.13. The van der Waals surface area contributed by atoms with Gasteiger partial charge in [0.15, 0.2) is 0 Å². The lowest BCUT2D eigenvalue weighted by atomic mass is 10.1. The van der Waals surface area contributed by atoms with Crippen LogP contribution in [-0.4, -0.2) is 30.8 Å². The fourth-order valence-corrected chi connectivity index (χ4v) is 1.92. The Hall–Kier alpha value is -1.13. The Kier molecular flexibility index (Phi) is 5.42. The molecular weight excluding hydrogens is 228 g/mol. The Morgan fingerprint density at radius 2 is 2.22 bits per heavy atom. The maximum Gasteiger partial charge on any atom is 0.125 e. The molecule has 0 atom stereocenters. The highest BCUT2D eigenvalue weighted by Gasteiger charge is 2.13. The van der Waals surface area contributed by atoms with Crippen molar-refractivity contribution >= 4 is 5.82 Å². The Bertz CT molecular complexity index is 334. The average Bonchev–Trinajstić information content (AvgIpc) is 2.45. The van der Waals surface area contributed by atoms with E-state index < -0.39 is 0 Å². The van der Waals surface area contributed by atoms with Gasteiger partial charge in [-0.3, -0.25) is 0 Å². The highest BCUT2D eigenvalue weighted by molar-refractivity contribution is 5.35. The molecule has 4 heteroatoms. The summed E-state index contributed by atoms with van der Waals surface area (Å²) < 4.78 is 11.2. The summed E-state index contributed by atoms with van der Waals surface area (Å²) in [5.41, 5.74) is 1.13. The van der Waals surface area contributed by atoms with Gasteiger partial charge in [0.2, 0.25) is 0 Å². The lowest BCUT2D eigenvalue weighted by Crippen LogP contribution is -2.23. The normalized spacial score (nSPS) is 16.7. The quantitative estimate of drug-likeness (QED) is 0.842. The smallest absolute Gasteiger partial charge is 0.125 e. The van der Waals surface area contributed by atoms with Gasteiger partial charge >= 0.3 is 0 Å². The van der Waals surface area contributed by atoms with Crippen LogP contribution in [0.15, 0.2) is 18.3 Å². The third-order valence-electron chi connectivity index (χ3n) is 3.03. The van der Waals surface area contributed by atoms with Crippen molar-refractivity contribution in [2.45, 2.75) is 38.9 Å². The summed E-state index contributed by atoms with van der Waals surface area (Å²) >= 11 is 0. The summed E-state index contributed by atoms with van der Waals surface area (Å²) in [7, 11) is 0. The zero-order valence-electron chi connectivity index (χ0n) is 11.0. The molecule has 1 aromatic heterocycles. The Morgan fingerprint density at radius 1 is 1.39 bits per heavy atom. The molecule has 18 heavy (non-hydrogen) atoms. The summed E-state index contributed by atoms with van der Waals surface area (Å²) in [6, 6.07) is 4.09. The lowest BCUT2D eigenvalue weighted by Gasteiger charge is -2.22. The van der Waals surface area contributed by atoms with Crippen LogP contribution in [0.3, 0.4) is 0 Å². The topological polar surface area (TPSA) is 43.4 Å². The van der Waals surface area contributed by atoms with Crippen molar-refractivity contribution in [3.05, 3.63) is 23.9 Å². The fourth-order valence-electron chi connectivity index (χ4n) is 1.92. The van der Waals surface area contributed by atoms with E-state index in [1.54, 1.807) is 0 Å². The number of pyridine rings is 1. The highest BCUT2D eigenvalue weighted by atomic mass is 16.5. The second-order valence-corrected chi connectivity index (χ2v) is 4.60. The van der Waals surface area contributed by atoms with Gasteiger partial charge in [-0.25, -0.2) is 4.98 Å².